The highest BCUT2D eigenvalue weighted by Gasteiger charge is 2.34. The van der Waals surface area contributed by atoms with E-state index in [9.17, 15) is 22.8 Å². The zero-order valence-electron chi connectivity index (χ0n) is 21.3. The number of hydrogen-bond acceptors (Lipinski definition) is 7. The number of primary amides is 1. The Labute approximate surface area is 221 Å². The Morgan fingerprint density at radius 2 is 1.74 bits per heavy atom. The predicted molar refractivity (Wildman–Crippen MR) is 135 cm³/mol. The Hall–Kier alpha value is -4.49. The summed E-state index contributed by atoms with van der Waals surface area (Å²) in [5.74, 6) is -2.36. The van der Waals surface area contributed by atoms with E-state index in [1.54, 1.807) is 25.0 Å². The third kappa shape index (κ3) is 5.13. The van der Waals surface area contributed by atoms with Crippen LogP contribution >= 0.6 is 0 Å². The Balaban J connectivity index is 1.30. The maximum atomic E-state index is 14.8. The summed E-state index contributed by atoms with van der Waals surface area (Å²) >= 11 is 0. The molecule has 204 valence electrons. The van der Waals surface area contributed by atoms with E-state index in [1.807, 2.05) is 4.90 Å². The summed E-state index contributed by atoms with van der Waals surface area (Å²) in [4.78, 5) is 36.6. The second-order valence-corrected chi connectivity index (χ2v) is 9.39. The van der Waals surface area contributed by atoms with Crippen LogP contribution in [-0.4, -0.2) is 74.0 Å². The number of urea groups is 1. The van der Waals surface area contributed by atoms with Crippen LogP contribution in [0.1, 0.15) is 29.4 Å². The number of amides is 3. The molecule has 1 unspecified atom stereocenters. The fraction of sp³-hybridized carbons (Fsp3) is 0.360. The molecule has 1 aromatic carbocycles. The number of aryl methyl sites for hydroxylation is 1. The minimum Gasteiger partial charge on any atom is -0.368 e. The molecule has 1 fully saturated rings. The summed E-state index contributed by atoms with van der Waals surface area (Å²) in [6, 6.07) is 2.19. The predicted octanol–water partition coefficient (Wildman–Crippen LogP) is 2.53. The van der Waals surface area contributed by atoms with Gasteiger partial charge in [-0.25, -0.2) is 32.9 Å². The average molecular weight is 542 g/mol. The summed E-state index contributed by atoms with van der Waals surface area (Å²) < 4.78 is 43.8. The van der Waals surface area contributed by atoms with E-state index < -0.39 is 29.4 Å². The van der Waals surface area contributed by atoms with Gasteiger partial charge >= 0.3 is 6.03 Å². The number of rotatable bonds is 5. The van der Waals surface area contributed by atoms with Crippen LogP contribution in [0, 0.1) is 31.3 Å². The lowest BCUT2D eigenvalue weighted by molar-refractivity contribution is -0.118. The lowest BCUT2D eigenvalue weighted by atomic mass is 10.0. The van der Waals surface area contributed by atoms with E-state index in [1.165, 1.54) is 21.8 Å². The van der Waals surface area contributed by atoms with E-state index in [2.05, 4.69) is 20.2 Å². The normalized spacial score (nSPS) is 17.3. The van der Waals surface area contributed by atoms with Crippen LogP contribution in [0.25, 0.3) is 11.3 Å². The molecule has 0 aliphatic carbocycles. The maximum Gasteiger partial charge on any atom is 0.341 e. The van der Waals surface area contributed by atoms with E-state index in [0.29, 0.717) is 55.1 Å². The molecule has 1 saturated heterocycles. The molecule has 3 aromatic rings. The van der Waals surface area contributed by atoms with Gasteiger partial charge in [-0.2, -0.15) is 10.2 Å². The fourth-order valence-electron chi connectivity index (χ4n) is 4.91. The highest BCUT2D eigenvalue weighted by atomic mass is 19.1. The number of anilines is 1. The summed E-state index contributed by atoms with van der Waals surface area (Å²) in [6.07, 6.45) is 2.97. The SMILES string of the molecule is Cc1nn(CC(N)=O)c(C)c1-c1nc(N2CCN(C(=O)N3N=CCC3c3cc(F)cc(F)c3)CC2)ncc1F. The van der Waals surface area contributed by atoms with Crippen LogP contribution in [-0.2, 0) is 11.3 Å². The molecule has 2 aliphatic heterocycles. The topological polar surface area (TPSA) is 126 Å². The molecule has 0 radical (unpaired) electrons. The lowest BCUT2D eigenvalue weighted by Crippen LogP contribution is -2.52. The van der Waals surface area contributed by atoms with Gasteiger partial charge in [0, 0.05) is 56.1 Å². The number of aromatic nitrogens is 4. The molecule has 2 aromatic heterocycles. The number of nitrogens with zero attached hydrogens (tertiary/aromatic N) is 8. The molecule has 14 heteroatoms. The number of carbonyl (C=O) groups excluding carboxylic acids is 2. The molecule has 3 amide bonds. The second kappa shape index (κ2) is 10.3. The highest BCUT2D eigenvalue weighted by molar-refractivity contribution is 5.79. The van der Waals surface area contributed by atoms with Crippen molar-refractivity contribution >= 4 is 24.1 Å². The van der Waals surface area contributed by atoms with Gasteiger partial charge in [0.1, 0.15) is 23.9 Å². The summed E-state index contributed by atoms with van der Waals surface area (Å²) in [6.45, 7) is 4.60. The Morgan fingerprint density at radius 1 is 1.05 bits per heavy atom. The molecular weight excluding hydrogens is 515 g/mol. The molecule has 0 saturated carbocycles. The third-order valence-corrected chi connectivity index (χ3v) is 6.78. The number of benzene rings is 1. The van der Waals surface area contributed by atoms with Crippen LogP contribution in [0.15, 0.2) is 29.5 Å². The highest BCUT2D eigenvalue weighted by Crippen LogP contribution is 2.31. The van der Waals surface area contributed by atoms with Gasteiger partial charge in [-0.05, 0) is 31.5 Å². The van der Waals surface area contributed by atoms with Crippen LogP contribution in [0.5, 0.6) is 0 Å². The molecule has 2 aliphatic rings. The van der Waals surface area contributed by atoms with Crippen molar-refractivity contribution < 1.29 is 22.8 Å². The quantitative estimate of drug-likeness (QED) is 0.529. The van der Waals surface area contributed by atoms with Crippen LogP contribution in [0.2, 0.25) is 0 Å². The van der Waals surface area contributed by atoms with Crippen molar-refractivity contribution in [3.05, 3.63) is 58.8 Å². The molecular formula is C25H26F3N9O2. The zero-order valence-corrected chi connectivity index (χ0v) is 21.3. The van der Waals surface area contributed by atoms with Gasteiger partial charge in [0.05, 0.1) is 17.9 Å². The van der Waals surface area contributed by atoms with Gasteiger partial charge in [-0.15, -0.1) is 0 Å². The van der Waals surface area contributed by atoms with Gasteiger partial charge < -0.3 is 15.5 Å². The Morgan fingerprint density at radius 3 is 2.41 bits per heavy atom. The molecule has 39 heavy (non-hydrogen) atoms. The smallest absolute Gasteiger partial charge is 0.341 e. The maximum absolute atomic E-state index is 14.8. The van der Waals surface area contributed by atoms with Crippen LogP contribution in [0.4, 0.5) is 23.9 Å². The van der Waals surface area contributed by atoms with Crippen molar-refractivity contribution in [3.8, 4) is 11.3 Å². The number of hydrazone groups is 1. The molecule has 11 nitrogen and oxygen atoms in total. The molecule has 0 spiro atoms. The molecule has 0 bridgehead atoms. The fourth-order valence-corrected chi connectivity index (χ4v) is 4.91. The average Bonchev–Trinajstić information content (AvgIpc) is 3.48. The number of halogens is 3. The van der Waals surface area contributed by atoms with Gasteiger partial charge in [-0.3, -0.25) is 9.48 Å². The Bertz CT molecular complexity index is 1450. The van der Waals surface area contributed by atoms with E-state index in [0.717, 1.165) is 12.3 Å². The summed E-state index contributed by atoms with van der Waals surface area (Å²) in [5, 5.41) is 9.68. The van der Waals surface area contributed by atoms with Crippen molar-refractivity contribution in [1.82, 2.24) is 29.7 Å². The number of piperazine rings is 1. The second-order valence-electron chi connectivity index (χ2n) is 9.39. The number of hydrogen-bond donors (Lipinski definition) is 1. The van der Waals surface area contributed by atoms with Gasteiger partial charge in [0.15, 0.2) is 5.82 Å². The minimum absolute atomic E-state index is 0.0563. The van der Waals surface area contributed by atoms with Crippen molar-refractivity contribution in [3.63, 3.8) is 0 Å². The summed E-state index contributed by atoms with van der Waals surface area (Å²) in [5.41, 5.74) is 7.17. The van der Waals surface area contributed by atoms with E-state index in [-0.39, 0.29) is 24.2 Å². The monoisotopic (exact) mass is 541 g/mol. The first kappa shape index (κ1) is 26.1. The van der Waals surface area contributed by atoms with Crippen molar-refractivity contribution in [2.75, 3.05) is 31.1 Å². The van der Waals surface area contributed by atoms with Crippen molar-refractivity contribution in [2.45, 2.75) is 32.9 Å². The minimum atomic E-state index is -0.720. The van der Waals surface area contributed by atoms with E-state index >= 15 is 0 Å². The first-order valence-corrected chi connectivity index (χ1v) is 12.3. The molecule has 1 atom stereocenters. The molecule has 5 rings (SSSR count). The number of nitrogens with two attached hydrogens (primary N) is 1. The van der Waals surface area contributed by atoms with Crippen LogP contribution < -0.4 is 10.6 Å². The molecule has 4 heterocycles. The summed E-state index contributed by atoms with van der Waals surface area (Å²) in [7, 11) is 0. The standard InChI is InChI=1S/C25H26F3N9O2/c1-14-22(15(2)36(33-14)13-21(29)38)23-19(28)12-30-24(32-23)34-5-7-35(8-6-34)25(39)37-20(3-4-31-37)16-9-17(26)11-18(27)10-16/h4,9-12,20H,3,5-8,13H2,1-2H3,(H2,29,38). The van der Waals surface area contributed by atoms with Gasteiger partial charge in [0.2, 0.25) is 11.9 Å². The molecule has 2 N–H and O–H groups in total. The van der Waals surface area contributed by atoms with Gasteiger partial charge in [-0.1, -0.05) is 0 Å². The van der Waals surface area contributed by atoms with Crippen LogP contribution in [0.3, 0.4) is 0 Å². The van der Waals surface area contributed by atoms with Crippen molar-refractivity contribution in [2.24, 2.45) is 10.8 Å². The first-order valence-electron chi connectivity index (χ1n) is 12.3. The zero-order chi connectivity index (χ0) is 27.8. The largest absolute Gasteiger partial charge is 0.368 e. The van der Waals surface area contributed by atoms with Crippen molar-refractivity contribution in [1.29, 1.82) is 0 Å². The third-order valence-electron chi connectivity index (χ3n) is 6.78. The lowest BCUT2D eigenvalue weighted by Gasteiger charge is -2.37. The Kier molecular flexibility index (Phi) is 6.93. The number of carbonyl (C=O) groups is 2. The first-order chi connectivity index (χ1) is 18.6. The van der Waals surface area contributed by atoms with Gasteiger partial charge in [0.25, 0.3) is 0 Å². The van der Waals surface area contributed by atoms with E-state index in [4.69, 9.17) is 5.73 Å².